The molecule has 170 valence electrons. The van der Waals surface area contributed by atoms with Crippen molar-refractivity contribution in [2.75, 3.05) is 0 Å². The van der Waals surface area contributed by atoms with E-state index in [9.17, 15) is 23.1 Å². The van der Waals surface area contributed by atoms with Crippen molar-refractivity contribution in [1.82, 2.24) is 4.98 Å². The van der Waals surface area contributed by atoms with Crippen LogP contribution in [0.4, 0.5) is 13.2 Å². The zero-order valence-corrected chi connectivity index (χ0v) is 18.3. The number of aromatic nitrogens is 1. The number of aromatic carboxylic acids is 1. The number of carbonyl (C=O) groups is 1. The number of aryl methyl sites for hydroxylation is 1. The molecule has 0 fully saturated rings. The third-order valence-corrected chi connectivity index (χ3v) is 5.90. The zero-order valence-electron chi connectivity index (χ0n) is 17.6. The highest BCUT2D eigenvalue weighted by atomic mass is 35.5. The Balaban J connectivity index is 1.75. The summed E-state index contributed by atoms with van der Waals surface area (Å²) in [5.41, 5.74) is 3.12. The van der Waals surface area contributed by atoms with Crippen LogP contribution in [0.25, 0.3) is 11.1 Å². The lowest BCUT2D eigenvalue weighted by Gasteiger charge is -2.16. The summed E-state index contributed by atoms with van der Waals surface area (Å²) in [5.74, 6) is -4.09. The molecule has 0 atom stereocenters. The zero-order chi connectivity index (χ0) is 23.7. The molecule has 0 spiro atoms. The molecule has 0 radical (unpaired) electrons. The lowest BCUT2D eigenvalue weighted by atomic mass is 9.96. The van der Waals surface area contributed by atoms with Gasteiger partial charge in [-0.15, -0.1) is 0 Å². The van der Waals surface area contributed by atoms with Crippen LogP contribution in [-0.4, -0.2) is 16.1 Å². The summed E-state index contributed by atoms with van der Waals surface area (Å²) in [6.45, 7) is 1.12. The second kappa shape index (κ2) is 9.27. The summed E-state index contributed by atoms with van der Waals surface area (Å²) in [4.78, 5) is 15.8. The number of allylic oxidation sites excluding steroid dienone is 2. The number of ether oxygens (including phenoxy) is 1. The number of nitrogens with zero attached hydrogens (tertiary/aromatic N) is 1. The monoisotopic (exact) mass is 473 g/mol. The van der Waals surface area contributed by atoms with Gasteiger partial charge in [0.05, 0.1) is 16.8 Å². The molecular weight excluding hydrogens is 455 g/mol. The average Bonchev–Trinajstić information content (AvgIpc) is 3.27. The van der Waals surface area contributed by atoms with Gasteiger partial charge in [-0.3, -0.25) is 4.98 Å². The van der Waals surface area contributed by atoms with Gasteiger partial charge in [-0.2, -0.15) is 0 Å². The Morgan fingerprint density at radius 1 is 1.09 bits per heavy atom. The van der Waals surface area contributed by atoms with Gasteiger partial charge in [0.2, 0.25) is 0 Å². The number of pyridine rings is 1. The largest absolute Gasteiger partial charge is 0.488 e. The molecule has 1 aliphatic carbocycles. The van der Waals surface area contributed by atoms with Crippen LogP contribution < -0.4 is 4.74 Å². The number of carboxylic acids is 1. The highest BCUT2D eigenvalue weighted by Crippen LogP contribution is 2.43. The van der Waals surface area contributed by atoms with E-state index in [0.29, 0.717) is 40.4 Å². The molecule has 1 N–H and O–H groups in total. The Morgan fingerprint density at radius 3 is 2.58 bits per heavy atom. The van der Waals surface area contributed by atoms with Gasteiger partial charge < -0.3 is 9.84 Å². The fourth-order valence-corrected chi connectivity index (χ4v) is 4.16. The molecular formula is C25H19ClF3NO3. The summed E-state index contributed by atoms with van der Waals surface area (Å²) in [6.07, 6.45) is 3.81. The molecule has 4 nitrogen and oxygen atoms in total. The van der Waals surface area contributed by atoms with Crippen molar-refractivity contribution in [2.45, 2.75) is 32.8 Å². The molecule has 1 heterocycles. The van der Waals surface area contributed by atoms with E-state index in [-0.39, 0.29) is 5.56 Å². The van der Waals surface area contributed by atoms with Gasteiger partial charge >= 0.3 is 5.97 Å². The van der Waals surface area contributed by atoms with Gasteiger partial charge in [-0.25, -0.2) is 18.0 Å². The number of carboxylic acid groups (broad SMARTS) is 1. The third-order valence-electron chi connectivity index (χ3n) is 5.66. The quantitative estimate of drug-likeness (QED) is 0.398. The third kappa shape index (κ3) is 4.59. The summed E-state index contributed by atoms with van der Waals surface area (Å²) in [6, 6.07) is 8.03. The van der Waals surface area contributed by atoms with E-state index in [1.54, 1.807) is 37.4 Å². The van der Waals surface area contributed by atoms with E-state index in [4.69, 9.17) is 16.3 Å². The van der Waals surface area contributed by atoms with E-state index < -0.39 is 35.6 Å². The molecule has 2 aromatic carbocycles. The van der Waals surface area contributed by atoms with E-state index in [2.05, 4.69) is 4.98 Å². The predicted molar refractivity (Wildman–Crippen MR) is 119 cm³/mol. The maximum absolute atomic E-state index is 14.1. The fourth-order valence-electron chi connectivity index (χ4n) is 3.99. The molecule has 0 aliphatic heterocycles. The fraction of sp³-hybridized carbons (Fsp3) is 0.200. The highest BCUT2D eigenvalue weighted by Gasteiger charge is 2.23. The molecule has 1 aromatic heterocycles. The first-order valence-corrected chi connectivity index (χ1v) is 10.6. The minimum atomic E-state index is -1.29. The SMILES string of the molecule is Cc1ncc(C2=C(c3cc(Cl)ccc3OCc3c(F)ccc(F)c3F)CCC2)cc1C(=O)O. The summed E-state index contributed by atoms with van der Waals surface area (Å²) < 4.78 is 47.4. The molecule has 0 saturated heterocycles. The summed E-state index contributed by atoms with van der Waals surface area (Å²) in [7, 11) is 0. The van der Waals surface area contributed by atoms with E-state index in [1.807, 2.05) is 0 Å². The number of benzene rings is 2. The normalized spacial score (nSPS) is 13.5. The van der Waals surface area contributed by atoms with Crippen LogP contribution in [0.1, 0.15) is 52.0 Å². The first kappa shape index (κ1) is 22.9. The van der Waals surface area contributed by atoms with Crippen LogP contribution in [0.3, 0.4) is 0 Å². The number of hydrogen-bond acceptors (Lipinski definition) is 3. The van der Waals surface area contributed by atoms with Crippen LogP contribution in [0.2, 0.25) is 5.02 Å². The smallest absolute Gasteiger partial charge is 0.337 e. The van der Waals surface area contributed by atoms with Gasteiger partial charge in [0.25, 0.3) is 0 Å². The first-order valence-electron chi connectivity index (χ1n) is 10.2. The standard InChI is InChI=1S/C25H19ClF3NO3/c1-13-18(25(31)32)9-14(11-30-13)16-3-2-4-17(16)19-10-15(26)5-8-23(19)33-12-20-21(27)6-7-22(28)24(20)29/h5-11H,2-4,12H2,1H3,(H,31,32). The van der Waals surface area contributed by atoms with Gasteiger partial charge in [0.15, 0.2) is 11.6 Å². The van der Waals surface area contributed by atoms with Crippen molar-refractivity contribution < 1.29 is 27.8 Å². The van der Waals surface area contributed by atoms with Crippen molar-refractivity contribution >= 4 is 28.7 Å². The Bertz CT molecular complexity index is 1290. The topological polar surface area (TPSA) is 59.4 Å². The average molecular weight is 474 g/mol. The molecule has 0 saturated carbocycles. The lowest BCUT2D eigenvalue weighted by molar-refractivity contribution is 0.0695. The van der Waals surface area contributed by atoms with Crippen molar-refractivity contribution in [3.05, 3.63) is 93.0 Å². The number of halogens is 4. The van der Waals surface area contributed by atoms with Crippen LogP contribution in [-0.2, 0) is 6.61 Å². The second-order valence-electron chi connectivity index (χ2n) is 7.72. The van der Waals surface area contributed by atoms with Crippen LogP contribution in [0.5, 0.6) is 5.75 Å². The number of hydrogen-bond donors (Lipinski definition) is 1. The summed E-state index contributed by atoms with van der Waals surface area (Å²) in [5, 5.41) is 9.89. The molecule has 3 aromatic rings. The van der Waals surface area contributed by atoms with Crippen molar-refractivity contribution in [1.29, 1.82) is 0 Å². The number of rotatable bonds is 6. The van der Waals surface area contributed by atoms with Crippen molar-refractivity contribution in [2.24, 2.45) is 0 Å². The van der Waals surface area contributed by atoms with E-state index >= 15 is 0 Å². The Kier molecular flexibility index (Phi) is 6.42. The molecule has 0 amide bonds. The van der Waals surface area contributed by atoms with E-state index in [1.165, 1.54) is 0 Å². The maximum atomic E-state index is 14.1. The lowest BCUT2D eigenvalue weighted by Crippen LogP contribution is -2.05. The van der Waals surface area contributed by atoms with Crippen LogP contribution >= 0.6 is 11.6 Å². The van der Waals surface area contributed by atoms with Crippen LogP contribution in [0.15, 0.2) is 42.6 Å². The highest BCUT2D eigenvalue weighted by molar-refractivity contribution is 6.30. The predicted octanol–water partition coefficient (Wildman–Crippen LogP) is 6.83. The van der Waals surface area contributed by atoms with Gasteiger partial charge in [-0.05, 0) is 79.3 Å². The molecule has 8 heteroatoms. The van der Waals surface area contributed by atoms with Gasteiger partial charge in [0.1, 0.15) is 18.2 Å². The molecule has 33 heavy (non-hydrogen) atoms. The Labute approximate surface area is 193 Å². The molecule has 1 aliphatic rings. The minimum Gasteiger partial charge on any atom is -0.488 e. The first-order chi connectivity index (χ1) is 15.8. The molecule has 4 rings (SSSR count). The molecule has 0 bridgehead atoms. The Morgan fingerprint density at radius 2 is 1.82 bits per heavy atom. The van der Waals surface area contributed by atoms with Crippen LogP contribution in [0, 0.1) is 24.4 Å². The van der Waals surface area contributed by atoms with Gasteiger partial charge in [-0.1, -0.05) is 11.6 Å². The second-order valence-corrected chi connectivity index (χ2v) is 8.16. The maximum Gasteiger partial charge on any atom is 0.337 e. The Hall–Kier alpha value is -3.32. The van der Waals surface area contributed by atoms with Gasteiger partial charge in [0, 0.05) is 16.8 Å². The summed E-state index contributed by atoms with van der Waals surface area (Å²) >= 11 is 6.23. The molecule has 0 unspecified atom stereocenters. The van der Waals surface area contributed by atoms with Crippen molar-refractivity contribution in [3.8, 4) is 5.75 Å². The van der Waals surface area contributed by atoms with E-state index in [0.717, 1.165) is 29.7 Å². The minimum absolute atomic E-state index is 0.117. The van der Waals surface area contributed by atoms with Crippen molar-refractivity contribution in [3.63, 3.8) is 0 Å².